The topological polar surface area (TPSA) is 131 Å². The second-order valence-corrected chi connectivity index (χ2v) is 12.8. The summed E-state index contributed by atoms with van der Waals surface area (Å²) in [5.74, 6) is -2.77. The highest BCUT2D eigenvalue weighted by atomic mass is 19.4. The van der Waals surface area contributed by atoms with E-state index >= 15 is 0 Å². The monoisotopic (exact) mass is 644 g/mol. The lowest BCUT2D eigenvalue weighted by Crippen LogP contribution is -2.75. The van der Waals surface area contributed by atoms with Crippen molar-refractivity contribution in [3.8, 4) is 11.5 Å². The smallest absolute Gasteiger partial charge is 0.471 e. The first kappa shape index (κ1) is 32.8. The lowest BCUT2D eigenvalue weighted by molar-refractivity contribution is -0.208. The van der Waals surface area contributed by atoms with E-state index in [4.69, 9.17) is 9.47 Å². The van der Waals surface area contributed by atoms with Crippen molar-refractivity contribution >= 4 is 28.8 Å². The van der Waals surface area contributed by atoms with E-state index in [9.17, 15) is 37.5 Å². The number of amides is 3. The fourth-order valence-corrected chi connectivity index (χ4v) is 6.42. The molecule has 0 bridgehead atoms. The Balaban J connectivity index is 1.46. The van der Waals surface area contributed by atoms with Gasteiger partial charge in [0, 0.05) is 6.07 Å². The third kappa shape index (κ3) is 5.99. The Morgan fingerprint density at radius 2 is 1.70 bits per heavy atom. The molecule has 1 aliphatic carbocycles. The SMILES string of the molecule is COc1cc2ncn(Cc3ccccc3)c(=O)c2cc1OC1CCC2(CC1)C(=O)N(C(=O)O)CC(C(C)(C)C)N2C(=O)C(F)(F)F. The van der Waals surface area contributed by atoms with Crippen LogP contribution in [0.4, 0.5) is 18.0 Å². The molecule has 3 aromatic rings. The summed E-state index contributed by atoms with van der Waals surface area (Å²) in [6.45, 7) is 4.51. The molecule has 46 heavy (non-hydrogen) atoms. The highest BCUT2D eigenvalue weighted by Crippen LogP contribution is 2.46. The van der Waals surface area contributed by atoms with Gasteiger partial charge in [-0.05, 0) is 42.7 Å². The van der Waals surface area contributed by atoms with Gasteiger partial charge in [-0.3, -0.25) is 19.0 Å². The van der Waals surface area contributed by atoms with Crippen molar-refractivity contribution in [3.63, 3.8) is 0 Å². The molecule has 1 N–H and O–H groups in total. The molecular formula is C32H35F3N4O7. The van der Waals surface area contributed by atoms with Crippen LogP contribution < -0.4 is 15.0 Å². The largest absolute Gasteiger partial charge is 0.493 e. The van der Waals surface area contributed by atoms with E-state index < -0.39 is 53.7 Å². The number of carboxylic acid groups (broad SMARTS) is 1. The summed E-state index contributed by atoms with van der Waals surface area (Å²) in [5, 5.41) is 10.1. The van der Waals surface area contributed by atoms with Crippen LogP contribution in [0.15, 0.2) is 53.6 Å². The van der Waals surface area contributed by atoms with E-state index in [0.717, 1.165) is 5.56 Å². The summed E-state index contributed by atoms with van der Waals surface area (Å²) >= 11 is 0. The second kappa shape index (κ2) is 12.0. The number of ether oxygens (including phenoxy) is 2. The van der Waals surface area contributed by atoms with Crippen LogP contribution in [0.3, 0.4) is 0 Å². The highest BCUT2D eigenvalue weighted by molar-refractivity contribution is 6.01. The second-order valence-electron chi connectivity index (χ2n) is 12.8. The molecule has 1 saturated heterocycles. The van der Waals surface area contributed by atoms with Gasteiger partial charge in [0.2, 0.25) is 0 Å². The number of carbonyl (C=O) groups excluding carboxylic acids is 2. The number of carbonyl (C=O) groups is 3. The van der Waals surface area contributed by atoms with Gasteiger partial charge in [-0.1, -0.05) is 51.1 Å². The molecule has 3 amide bonds. The Morgan fingerprint density at radius 1 is 1.04 bits per heavy atom. The minimum Gasteiger partial charge on any atom is -0.493 e. The number of alkyl halides is 3. The number of hydrogen-bond donors (Lipinski definition) is 1. The lowest BCUT2D eigenvalue weighted by Gasteiger charge is -2.57. The number of fused-ring (bicyclic) bond motifs is 1. The van der Waals surface area contributed by atoms with Gasteiger partial charge in [0.15, 0.2) is 11.5 Å². The first-order chi connectivity index (χ1) is 21.6. The third-order valence-corrected chi connectivity index (χ3v) is 8.82. The maximum Gasteiger partial charge on any atom is 0.471 e. The molecule has 1 saturated carbocycles. The number of hydrogen-bond acceptors (Lipinski definition) is 7. The molecule has 2 fully saturated rings. The van der Waals surface area contributed by atoms with Gasteiger partial charge in [-0.15, -0.1) is 0 Å². The Labute approximate surface area is 262 Å². The standard InChI is InChI=1S/C32H35F3N4O7/c1-30(2,3)25-17-38(29(43)44)27(41)31(39(25)28(42)32(33,34)35)12-10-20(11-13-31)46-24-14-21-22(15-23(24)45-4)36-18-37(26(21)40)16-19-8-6-5-7-9-19/h5-9,14-15,18,20,25H,10-13,16-17H2,1-4H3,(H,43,44). The molecule has 2 heterocycles. The molecule has 1 spiro atoms. The third-order valence-electron chi connectivity index (χ3n) is 8.82. The van der Waals surface area contributed by atoms with Crippen LogP contribution in [0.1, 0.15) is 52.0 Å². The zero-order chi connectivity index (χ0) is 33.6. The number of imide groups is 1. The van der Waals surface area contributed by atoms with Gasteiger partial charge in [0.25, 0.3) is 11.5 Å². The number of aromatic nitrogens is 2. The fraction of sp³-hybridized carbons (Fsp3) is 0.469. The number of nitrogens with zero attached hydrogens (tertiary/aromatic N) is 4. The molecule has 11 nitrogen and oxygen atoms in total. The van der Waals surface area contributed by atoms with Crippen molar-refractivity contribution in [3.05, 3.63) is 64.7 Å². The molecule has 1 atom stereocenters. The summed E-state index contributed by atoms with van der Waals surface area (Å²) in [6, 6.07) is 11.2. The predicted molar refractivity (Wildman–Crippen MR) is 160 cm³/mol. The van der Waals surface area contributed by atoms with Crippen molar-refractivity contribution in [2.45, 2.75) is 76.9 Å². The number of halogens is 3. The van der Waals surface area contributed by atoms with Crippen molar-refractivity contribution in [2.75, 3.05) is 13.7 Å². The zero-order valence-corrected chi connectivity index (χ0v) is 25.8. The van der Waals surface area contributed by atoms with E-state index in [1.54, 1.807) is 26.8 Å². The quantitative estimate of drug-likeness (QED) is 0.418. The average Bonchev–Trinajstić information content (AvgIpc) is 2.99. The van der Waals surface area contributed by atoms with Crippen LogP contribution in [0.2, 0.25) is 0 Å². The molecule has 1 aliphatic heterocycles. The molecule has 246 valence electrons. The zero-order valence-electron chi connectivity index (χ0n) is 25.8. The summed E-state index contributed by atoms with van der Waals surface area (Å²) in [7, 11) is 1.41. The van der Waals surface area contributed by atoms with E-state index in [1.807, 2.05) is 30.3 Å². The number of piperazine rings is 1. The van der Waals surface area contributed by atoms with Crippen LogP contribution in [0.5, 0.6) is 11.5 Å². The summed E-state index contributed by atoms with van der Waals surface area (Å²) < 4.78 is 55.1. The van der Waals surface area contributed by atoms with E-state index in [1.165, 1.54) is 24.1 Å². The van der Waals surface area contributed by atoms with Gasteiger partial charge < -0.3 is 19.5 Å². The minimum atomic E-state index is -5.28. The summed E-state index contributed by atoms with van der Waals surface area (Å²) in [6.07, 6.45) is -6.58. The average molecular weight is 645 g/mol. The molecule has 1 unspecified atom stereocenters. The van der Waals surface area contributed by atoms with Crippen molar-refractivity contribution in [1.29, 1.82) is 0 Å². The van der Waals surface area contributed by atoms with Gasteiger partial charge in [0.1, 0.15) is 5.54 Å². The summed E-state index contributed by atoms with van der Waals surface area (Å²) in [4.78, 5) is 57.6. The van der Waals surface area contributed by atoms with Crippen LogP contribution in [0, 0.1) is 5.41 Å². The van der Waals surface area contributed by atoms with E-state index in [2.05, 4.69) is 4.98 Å². The predicted octanol–water partition coefficient (Wildman–Crippen LogP) is 4.84. The van der Waals surface area contributed by atoms with Crippen LogP contribution in [0.25, 0.3) is 10.9 Å². The molecular weight excluding hydrogens is 609 g/mol. The summed E-state index contributed by atoms with van der Waals surface area (Å²) in [5.41, 5.74) is -2.08. The Hall–Kier alpha value is -4.62. The molecule has 2 aliphatic rings. The van der Waals surface area contributed by atoms with Crippen LogP contribution in [-0.4, -0.2) is 79.9 Å². The maximum atomic E-state index is 14.0. The Bertz CT molecular complexity index is 1710. The van der Waals surface area contributed by atoms with E-state index in [0.29, 0.717) is 21.9 Å². The molecule has 2 aromatic carbocycles. The van der Waals surface area contributed by atoms with Gasteiger partial charge in [-0.2, -0.15) is 13.2 Å². The number of benzene rings is 2. The fourth-order valence-electron chi connectivity index (χ4n) is 6.42. The first-order valence-corrected chi connectivity index (χ1v) is 14.8. The molecule has 14 heteroatoms. The Kier molecular flexibility index (Phi) is 8.51. The molecule has 0 radical (unpaired) electrons. The van der Waals surface area contributed by atoms with Crippen molar-refractivity contribution < 1.29 is 42.1 Å². The van der Waals surface area contributed by atoms with Crippen molar-refractivity contribution in [1.82, 2.24) is 19.4 Å². The number of methoxy groups -OCH3 is 1. The molecule has 1 aromatic heterocycles. The van der Waals surface area contributed by atoms with E-state index in [-0.39, 0.29) is 48.1 Å². The Morgan fingerprint density at radius 3 is 2.26 bits per heavy atom. The first-order valence-electron chi connectivity index (χ1n) is 14.8. The van der Waals surface area contributed by atoms with Crippen LogP contribution in [-0.2, 0) is 16.1 Å². The number of rotatable bonds is 5. The molecule has 5 rings (SSSR count). The highest BCUT2D eigenvalue weighted by Gasteiger charge is 2.63. The van der Waals surface area contributed by atoms with Gasteiger partial charge in [0.05, 0.1) is 49.6 Å². The minimum absolute atomic E-state index is 0.0180. The lowest BCUT2D eigenvalue weighted by atomic mass is 9.72. The van der Waals surface area contributed by atoms with Crippen molar-refractivity contribution in [2.24, 2.45) is 5.41 Å². The van der Waals surface area contributed by atoms with Gasteiger partial charge in [-0.25, -0.2) is 14.7 Å². The maximum absolute atomic E-state index is 14.0. The van der Waals surface area contributed by atoms with Gasteiger partial charge >= 0.3 is 18.2 Å². The normalized spacial score (nSPS) is 22.3. The van der Waals surface area contributed by atoms with Crippen LogP contribution >= 0.6 is 0 Å².